The van der Waals surface area contributed by atoms with E-state index in [1.807, 2.05) is 0 Å². The zero-order valence-corrected chi connectivity index (χ0v) is 14.1. The van der Waals surface area contributed by atoms with E-state index in [0.29, 0.717) is 11.5 Å². The average Bonchev–Trinajstić information content (AvgIpc) is 3.01. The summed E-state index contributed by atoms with van der Waals surface area (Å²) >= 11 is 0. The van der Waals surface area contributed by atoms with Crippen molar-refractivity contribution in [1.29, 1.82) is 0 Å². The van der Waals surface area contributed by atoms with Crippen LogP contribution in [0.3, 0.4) is 0 Å². The van der Waals surface area contributed by atoms with Crippen LogP contribution in [-0.2, 0) is 11.3 Å². The minimum absolute atomic E-state index is 0.152. The third-order valence-corrected chi connectivity index (χ3v) is 4.49. The molecule has 4 nitrogen and oxygen atoms in total. The number of nitrogens with zero attached hydrogens (tertiary/aromatic N) is 1. The van der Waals surface area contributed by atoms with E-state index in [9.17, 15) is 22.4 Å². The number of carboxylic acids is 1. The van der Waals surface area contributed by atoms with E-state index >= 15 is 0 Å². The lowest BCUT2D eigenvalue weighted by atomic mass is 9.96. The molecule has 1 heterocycles. The number of hydrogen-bond acceptors (Lipinski definition) is 3. The highest BCUT2D eigenvalue weighted by Gasteiger charge is 2.52. The molecule has 27 heavy (non-hydrogen) atoms. The van der Waals surface area contributed by atoms with Gasteiger partial charge in [0.1, 0.15) is 17.3 Å². The Labute approximate surface area is 153 Å². The predicted molar refractivity (Wildman–Crippen MR) is 88.9 cm³/mol. The molecular formula is C19H17F4NO3. The van der Waals surface area contributed by atoms with E-state index in [-0.39, 0.29) is 19.6 Å². The van der Waals surface area contributed by atoms with Crippen molar-refractivity contribution in [3.8, 4) is 11.5 Å². The molecule has 0 unspecified atom stereocenters. The highest BCUT2D eigenvalue weighted by Crippen LogP contribution is 2.38. The van der Waals surface area contributed by atoms with Crippen LogP contribution in [0.5, 0.6) is 11.5 Å². The lowest BCUT2D eigenvalue weighted by molar-refractivity contribution is -0.188. The molecule has 0 aromatic heterocycles. The van der Waals surface area contributed by atoms with Crippen LogP contribution < -0.4 is 4.74 Å². The Balaban J connectivity index is 1.64. The summed E-state index contributed by atoms with van der Waals surface area (Å²) in [6, 6.07) is 12.3. The van der Waals surface area contributed by atoms with Crippen molar-refractivity contribution in [3.63, 3.8) is 0 Å². The van der Waals surface area contributed by atoms with Gasteiger partial charge in [0, 0.05) is 25.7 Å². The van der Waals surface area contributed by atoms with Gasteiger partial charge in [-0.3, -0.25) is 9.69 Å². The average molecular weight is 383 g/mol. The summed E-state index contributed by atoms with van der Waals surface area (Å²) in [5.41, 5.74) is 0.730. The Morgan fingerprint density at radius 1 is 1.11 bits per heavy atom. The maximum absolute atomic E-state index is 13.2. The largest absolute Gasteiger partial charge is 0.481 e. The van der Waals surface area contributed by atoms with Crippen LogP contribution in [0, 0.1) is 17.7 Å². The molecule has 1 aliphatic rings. The summed E-state index contributed by atoms with van der Waals surface area (Å²) in [5.74, 6) is -4.39. The molecule has 2 aromatic rings. The van der Waals surface area contributed by atoms with Gasteiger partial charge in [-0.2, -0.15) is 13.2 Å². The number of halogens is 4. The highest BCUT2D eigenvalue weighted by atomic mass is 19.4. The number of carboxylic acid groups (broad SMARTS) is 1. The van der Waals surface area contributed by atoms with Crippen LogP contribution in [0.2, 0.25) is 0 Å². The topological polar surface area (TPSA) is 49.8 Å². The third-order valence-electron chi connectivity index (χ3n) is 4.49. The lowest BCUT2D eigenvalue weighted by Crippen LogP contribution is -2.33. The molecular weight excluding hydrogens is 366 g/mol. The number of aliphatic carboxylic acids is 1. The molecule has 3 rings (SSSR count). The molecule has 0 bridgehead atoms. The fraction of sp³-hybridized carbons (Fsp3) is 0.316. The van der Waals surface area contributed by atoms with Gasteiger partial charge in [0.15, 0.2) is 0 Å². The van der Waals surface area contributed by atoms with Crippen LogP contribution >= 0.6 is 0 Å². The summed E-state index contributed by atoms with van der Waals surface area (Å²) in [7, 11) is 0. The molecule has 1 aliphatic heterocycles. The quantitative estimate of drug-likeness (QED) is 0.782. The van der Waals surface area contributed by atoms with Gasteiger partial charge in [-0.1, -0.05) is 18.2 Å². The fourth-order valence-electron chi connectivity index (χ4n) is 3.18. The minimum atomic E-state index is -4.54. The van der Waals surface area contributed by atoms with E-state index in [1.54, 1.807) is 30.3 Å². The zero-order valence-electron chi connectivity index (χ0n) is 14.1. The van der Waals surface area contributed by atoms with Gasteiger partial charge in [-0.25, -0.2) is 4.39 Å². The van der Waals surface area contributed by atoms with Crippen LogP contribution in [0.25, 0.3) is 0 Å². The summed E-state index contributed by atoms with van der Waals surface area (Å²) in [5, 5.41) is 9.06. The molecule has 2 atom stereocenters. The second kappa shape index (κ2) is 7.56. The number of ether oxygens (including phenoxy) is 1. The fourth-order valence-corrected chi connectivity index (χ4v) is 3.18. The number of rotatable bonds is 5. The van der Waals surface area contributed by atoms with E-state index in [0.717, 1.165) is 5.56 Å². The van der Waals surface area contributed by atoms with Gasteiger partial charge >= 0.3 is 12.1 Å². The van der Waals surface area contributed by atoms with Crippen molar-refractivity contribution in [2.75, 3.05) is 13.1 Å². The Bertz CT molecular complexity index is 807. The molecule has 1 N–H and O–H groups in total. The van der Waals surface area contributed by atoms with E-state index in [1.165, 1.54) is 23.1 Å². The first-order valence-electron chi connectivity index (χ1n) is 8.26. The van der Waals surface area contributed by atoms with Gasteiger partial charge in [-0.05, 0) is 29.8 Å². The predicted octanol–water partition coefficient (Wildman–Crippen LogP) is 4.31. The monoisotopic (exact) mass is 383 g/mol. The molecule has 0 aliphatic carbocycles. The molecule has 0 radical (unpaired) electrons. The Hall–Kier alpha value is -2.61. The maximum atomic E-state index is 13.2. The molecule has 1 saturated heterocycles. The number of hydrogen-bond donors (Lipinski definition) is 1. The van der Waals surface area contributed by atoms with Crippen LogP contribution in [0.4, 0.5) is 17.6 Å². The van der Waals surface area contributed by atoms with Gasteiger partial charge in [0.2, 0.25) is 0 Å². The summed E-state index contributed by atoms with van der Waals surface area (Å²) < 4.78 is 57.8. The molecule has 8 heteroatoms. The number of likely N-dealkylation sites (tertiary alicyclic amines) is 1. The number of benzene rings is 2. The van der Waals surface area contributed by atoms with Gasteiger partial charge < -0.3 is 9.84 Å². The molecule has 1 fully saturated rings. The van der Waals surface area contributed by atoms with Crippen LogP contribution in [0.1, 0.15) is 5.56 Å². The van der Waals surface area contributed by atoms with Crippen molar-refractivity contribution in [1.82, 2.24) is 4.90 Å². The minimum Gasteiger partial charge on any atom is -0.481 e. The standard InChI is InChI=1S/C19H17F4NO3/c20-13-2-1-3-15(8-13)27-14-6-4-12(5-7-14)9-24-10-16(18(25)26)17(11-24)19(21,22)23/h1-8,16-17H,9-11H2,(H,25,26)/t16-,17-/m1/s1. The first-order chi connectivity index (χ1) is 12.7. The van der Waals surface area contributed by atoms with E-state index < -0.39 is 29.8 Å². The van der Waals surface area contributed by atoms with E-state index in [4.69, 9.17) is 9.84 Å². The molecule has 144 valence electrons. The normalized spacial score (nSPS) is 20.6. The SMILES string of the molecule is O=C(O)[C@@H]1CN(Cc2ccc(Oc3cccc(F)c3)cc2)C[C@H]1C(F)(F)F. The zero-order chi connectivity index (χ0) is 19.6. The van der Waals surface area contributed by atoms with Crippen molar-refractivity contribution in [2.24, 2.45) is 11.8 Å². The number of carbonyl (C=O) groups is 1. The molecule has 0 amide bonds. The summed E-state index contributed by atoms with van der Waals surface area (Å²) in [6.45, 7) is -0.292. The van der Waals surface area contributed by atoms with Crippen molar-refractivity contribution in [3.05, 3.63) is 59.9 Å². The second-order valence-corrected chi connectivity index (χ2v) is 6.49. The van der Waals surface area contributed by atoms with Crippen molar-refractivity contribution in [2.45, 2.75) is 12.7 Å². The van der Waals surface area contributed by atoms with Crippen molar-refractivity contribution < 1.29 is 32.2 Å². The maximum Gasteiger partial charge on any atom is 0.393 e. The summed E-state index contributed by atoms with van der Waals surface area (Å²) in [6.07, 6.45) is -4.54. The summed E-state index contributed by atoms with van der Waals surface area (Å²) in [4.78, 5) is 12.6. The highest BCUT2D eigenvalue weighted by molar-refractivity contribution is 5.71. The molecule has 0 spiro atoms. The van der Waals surface area contributed by atoms with Crippen LogP contribution in [-0.4, -0.2) is 35.2 Å². The lowest BCUT2D eigenvalue weighted by Gasteiger charge is -2.18. The Morgan fingerprint density at radius 2 is 1.81 bits per heavy atom. The van der Waals surface area contributed by atoms with E-state index in [2.05, 4.69) is 0 Å². The number of alkyl halides is 3. The third kappa shape index (κ3) is 4.77. The first kappa shape index (κ1) is 19.2. The smallest absolute Gasteiger partial charge is 0.393 e. The Kier molecular flexibility index (Phi) is 5.36. The molecule has 0 saturated carbocycles. The molecule has 2 aromatic carbocycles. The second-order valence-electron chi connectivity index (χ2n) is 6.49. The van der Waals surface area contributed by atoms with Gasteiger partial charge in [-0.15, -0.1) is 0 Å². The van der Waals surface area contributed by atoms with Crippen LogP contribution in [0.15, 0.2) is 48.5 Å². The Morgan fingerprint density at radius 3 is 2.37 bits per heavy atom. The van der Waals surface area contributed by atoms with Crippen molar-refractivity contribution >= 4 is 5.97 Å². The first-order valence-corrected chi connectivity index (χ1v) is 8.26. The van der Waals surface area contributed by atoms with Gasteiger partial charge in [0.05, 0.1) is 11.8 Å². The van der Waals surface area contributed by atoms with Gasteiger partial charge in [0.25, 0.3) is 0 Å².